The zero-order valence-corrected chi connectivity index (χ0v) is 20.4. The van der Waals surface area contributed by atoms with Crippen molar-refractivity contribution in [2.45, 2.75) is 26.7 Å². The number of piperazine rings is 1. The number of hydrogen-bond donors (Lipinski definition) is 0. The third kappa shape index (κ3) is 5.12. The monoisotopic (exact) mass is 476 g/mol. The molecular weight excluding hydrogens is 444 g/mol. The van der Waals surface area contributed by atoms with E-state index in [9.17, 15) is 4.79 Å². The number of amides is 1. The molecule has 2 saturated heterocycles. The van der Waals surface area contributed by atoms with E-state index in [0.717, 1.165) is 67.9 Å². The second-order valence-corrected chi connectivity index (χ2v) is 8.97. The average molecular weight is 477 g/mol. The summed E-state index contributed by atoms with van der Waals surface area (Å²) < 4.78 is 7.24. The minimum Gasteiger partial charge on any atom is -0.378 e. The fourth-order valence-electron chi connectivity index (χ4n) is 4.77. The largest absolute Gasteiger partial charge is 0.378 e. The smallest absolute Gasteiger partial charge is 0.223 e. The third-order valence-corrected chi connectivity index (χ3v) is 6.82. The van der Waals surface area contributed by atoms with E-state index in [1.807, 2.05) is 60.0 Å². The van der Waals surface area contributed by atoms with Crippen LogP contribution in [-0.2, 0) is 16.0 Å². The summed E-state index contributed by atoms with van der Waals surface area (Å²) in [6, 6.07) is 9.86. The van der Waals surface area contributed by atoms with Gasteiger partial charge in [-0.3, -0.25) is 4.79 Å². The number of pyridine rings is 1. The molecular formula is C25H32N8O2. The summed E-state index contributed by atoms with van der Waals surface area (Å²) in [6.45, 7) is 10.1. The van der Waals surface area contributed by atoms with Gasteiger partial charge in [0.25, 0.3) is 0 Å². The van der Waals surface area contributed by atoms with E-state index in [1.54, 1.807) is 0 Å². The molecule has 3 aromatic rings. The third-order valence-electron chi connectivity index (χ3n) is 6.82. The molecule has 0 spiro atoms. The second kappa shape index (κ2) is 10.4. The van der Waals surface area contributed by atoms with E-state index in [-0.39, 0.29) is 5.91 Å². The van der Waals surface area contributed by atoms with Crippen molar-refractivity contribution in [1.29, 1.82) is 0 Å². The fourth-order valence-corrected chi connectivity index (χ4v) is 4.77. The van der Waals surface area contributed by atoms with Gasteiger partial charge in [0.1, 0.15) is 5.82 Å². The Balaban J connectivity index is 1.18. The first-order valence-electron chi connectivity index (χ1n) is 12.3. The van der Waals surface area contributed by atoms with Gasteiger partial charge in [0.2, 0.25) is 5.91 Å². The summed E-state index contributed by atoms with van der Waals surface area (Å²) in [5, 5.41) is 13.5. The van der Waals surface area contributed by atoms with Gasteiger partial charge in [-0.2, -0.15) is 5.10 Å². The maximum Gasteiger partial charge on any atom is 0.223 e. The molecule has 0 bridgehead atoms. The van der Waals surface area contributed by atoms with Crippen LogP contribution in [0.1, 0.15) is 23.4 Å². The number of anilines is 2. The topological polar surface area (TPSA) is 92.5 Å². The Morgan fingerprint density at radius 1 is 0.886 bits per heavy atom. The Labute approximate surface area is 205 Å². The zero-order chi connectivity index (χ0) is 24.2. The molecule has 0 atom stereocenters. The van der Waals surface area contributed by atoms with Gasteiger partial charge in [-0.15, -0.1) is 10.2 Å². The molecule has 5 rings (SSSR count). The molecule has 3 aromatic heterocycles. The predicted molar refractivity (Wildman–Crippen MR) is 133 cm³/mol. The summed E-state index contributed by atoms with van der Waals surface area (Å²) in [4.78, 5) is 23.7. The number of nitrogens with zero attached hydrogens (tertiary/aromatic N) is 8. The van der Waals surface area contributed by atoms with Gasteiger partial charge in [-0.05, 0) is 50.1 Å². The molecule has 2 aliphatic rings. The number of carbonyl (C=O) groups excluding carboxylic acids is 1. The summed E-state index contributed by atoms with van der Waals surface area (Å²) >= 11 is 0. The van der Waals surface area contributed by atoms with E-state index in [2.05, 4.69) is 25.0 Å². The van der Waals surface area contributed by atoms with E-state index in [0.29, 0.717) is 31.9 Å². The minimum absolute atomic E-state index is 0.187. The van der Waals surface area contributed by atoms with Crippen LogP contribution in [0, 0.1) is 13.8 Å². The van der Waals surface area contributed by atoms with Crippen molar-refractivity contribution in [3.8, 4) is 5.82 Å². The van der Waals surface area contributed by atoms with Crippen LogP contribution in [0.15, 0.2) is 36.5 Å². The minimum atomic E-state index is 0.187. The molecule has 5 heterocycles. The lowest BCUT2D eigenvalue weighted by atomic mass is 10.1. The number of rotatable bonds is 6. The number of aryl methyl sites for hydroxylation is 1. The summed E-state index contributed by atoms with van der Waals surface area (Å²) in [5.41, 5.74) is 3.03. The predicted octanol–water partition coefficient (Wildman–Crippen LogP) is 1.79. The Morgan fingerprint density at radius 3 is 2.29 bits per heavy atom. The maximum atomic E-state index is 12.9. The SMILES string of the molecule is Cc1nn(-c2ccc(N3CCOCC3)nn2)c(C)c1CCC(=O)N1CCN(c2ccccn2)CC1. The highest BCUT2D eigenvalue weighted by Crippen LogP contribution is 2.21. The standard InChI is InChI=1S/C25H32N8O2/c1-19-21(6-9-25(34)32-13-11-30(12-14-32)22-5-3-4-10-26-22)20(2)33(29-19)24-8-7-23(27-28-24)31-15-17-35-18-16-31/h3-5,7-8,10H,6,9,11-18H2,1-2H3. The number of morpholine rings is 1. The molecule has 0 radical (unpaired) electrons. The number of ether oxygens (including phenoxy) is 1. The molecule has 0 aliphatic carbocycles. The molecule has 184 valence electrons. The van der Waals surface area contributed by atoms with Crippen molar-refractivity contribution < 1.29 is 9.53 Å². The highest BCUT2D eigenvalue weighted by Gasteiger charge is 2.23. The van der Waals surface area contributed by atoms with Crippen molar-refractivity contribution in [3.63, 3.8) is 0 Å². The van der Waals surface area contributed by atoms with Crippen molar-refractivity contribution in [3.05, 3.63) is 53.5 Å². The van der Waals surface area contributed by atoms with E-state index >= 15 is 0 Å². The van der Waals surface area contributed by atoms with E-state index in [4.69, 9.17) is 9.84 Å². The van der Waals surface area contributed by atoms with Crippen LogP contribution in [0.2, 0.25) is 0 Å². The zero-order valence-electron chi connectivity index (χ0n) is 20.4. The van der Waals surface area contributed by atoms with Crippen LogP contribution >= 0.6 is 0 Å². The van der Waals surface area contributed by atoms with Crippen LogP contribution < -0.4 is 9.80 Å². The van der Waals surface area contributed by atoms with Gasteiger partial charge in [0.05, 0.1) is 18.9 Å². The lowest BCUT2D eigenvalue weighted by Gasteiger charge is -2.35. The molecule has 0 aromatic carbocycles. The van der Waals surface area contributed by atoms with Gasteiger partial charge < -0.3 is 19.4 Å². The maximum absolute atomic E-state index is 12.9. The van der Waals surface area contributed by atoms with Crippen molar-refractivity contribution in [1.82, 2.24) is 29.9 Å². The average Bonchev–Trinajstić information content (AvgIpc) is 3.21. The van der Waals surface area contributed by atoms with Gasteiger partial charge in [-0.25, -0.2) is 9.67 Å². The molecule has 10 heteroatoms. The molecule has 2 aliphatic heterocycles. The second-order valence-electron chi connectivity index (χ2n) is 8.97. The molecule has 0 N–H and O–H groups in total. The Bertz CT molecular complexity index is 1130. The number of hydrogen-bond acceptors (Lipinski definition) is 8. The fraction of sp³-hybridized carbons (Fsp3) is 0.480. The normalized spacial score (nSPS) is 16.6. The number of carbonyl (C=O) groups is 1. The van der Waals surface area contributed by atoms with Crippen molar-refractivity contribution in [2.24, 2.45) is 0 Å². The van der Waals surface area contributed by atoms with Crippen LogP contribution in [0.3, 0.4) is 0 Å². The molecule has 1 amide bonds. The Hall–Kier alpha value is -3.53. The molecule has 2 fully saturated rings. The molecule has 10 nitrogen and oxygen atoms in total. The number of aromatic nitrogens is 5. The van der Waals surface area contributed by atoms with Crippen LogP contribution in [0.5, 0.6) is 0 Å². The van der Waals surface area contributed by atoms with E-state index < -0.39 is 0 Å². The highest BCUT2D eigenvalue weighted by atomic mass is 16.5. The van der Waals surface area contributed by atoms with Gasteiger partial charge in [-0.1, -0.05) is 6.07 Å². The molecule has 0 unspecified atom stereocenters. The highest BCUT2D eigenvalue weighted by molar-refractivity contribution is 5.77. The van der Waals surface area contributed by atoms with Crippen molar-refractivity contribution in [2.75, 3.05) is 62.3 Å². The quantitative estimate of drug-likeness (QED) is 0.532. The first-order valence-corrected chi connectivity index (χ1v) is 12.3. The Morgan fingerprint density at radius 2 is 1.60 bits per heavy atom. The first kappa shape index (κ1) is 23.2. The first-order chi connectivity index (χ1) is 17.1. The van der Waals surface area contributed by atoms with Crippen molar-refractivity contribution >= 4 is 17.5 Å². The molecule has 0 saturated carbocycles. The van der Waals surface area contributed by atoms with Gasteiger partial charge in [0.15, 0.2) is 11.6 Å². The lowest BCUT2D eigenvalue weighted by Crippen LogP contribution is -2.49. The van der Waals surface area contributed by atoms with Crippen LogP contribution in [0.25, 0.3) is 5.82 Å². The van der Waals surface area contributed by atoms with Crippen LogP contribution in [0.4, 0.5) is 11.6 Å². The van der Waals surface area contributed by atoms with Gasteiger partial charge >= 0.3 is 0 Å². The molecule has 35 heavy (non-hydrogen) atoms. The Kier molecular flexibility index (Phi) is 6.89. The summed E-state index contributed by atoms with van der Waals surface area (Å²) in [7, 11) is 0. The summed E-state index contributed by atoms with van der Waals surface area (Å²) in [5.74, 6) is 2.70. The van der Waals surface area contributed by atoms with E-state index in [1.165, 1.54) is 0 Å². The summed E-state index contributed by atoms with van der Waals surface area (Å²) in [6.07, 6.45) is 2.94. The van der Waals surface area contributed by atoms with Gasteiger partial charge in [0, 0.05) is 57.6 Å². The van der Waals surface area contributed by atoms with Crippen LogP contribution in [-0.4, -0.2) is 88.3 Å². The lowest BCUT2D eigenvalue weighted by molar-refractivity contribution is -0.131.